The smallest absolute Gasteiger partial charge is 0.252 e. The van der Waals surface area contributed by atoms with Crippen molar-refractivity contribution >= 4 is 16.8 Å². The molecule has 0 radical (unpaired) electrons. The molecule has 2 aromatic heterocycles. The maximum Gasteiger partial charge on any atom is 0.252 e. The average molecular weight is 412 g/mol. The number of aromatic nitrogens is 2. The van der Waals surface area contributed by atoms with Gasteiger partial charge in [0.2, 0.25) is 0 Å². The topological polar surface area (TPSA) is 64.1 Å². The van der Waals surface area contributed by atoms with Gasteiger partial charge in [-0.25, -0.2) is 4.98 Å². The number of amides is 1. The Bertz CT molecular complexity index is 1240. The predicted molar refractivity (Wildman–Crippen MR) is 123 cm³/mol. The highest BCUT2D eigenvalue weighted by Crippen LogP contribution is 2.28. The molecule has 2 aromatic carbocycles. The van der Waals surface area contributed by atoms with Gasteiger partial charge in [0.25, 0.3) is 5.91 Å². The summed E-state index contributed by atoms with van der Waals surface area (Å²) in [6.45, 7) is 6.07. The van der Waals surface area contributed by atoms with Crippen LogP contribution in [0.2, 0.25) is 0 Å². The predicted octanol–water partition coefficient (Wildman–Crippen LogP) is 5.41. The number of nitrogens with one attached hydrogen (secondary N) is 1. The fourth-order valence-electron chi connectivity index (χ4n) is 3.63. The molecule has 4 rings (SSSR count). The van der Waals surface area contributed by atoms with Crippen LogP contribution in [0.1, 0.15) is 40.0 Å². The fraction of sp³-hybridized carbons (Fsp3) is 0.192. The van der Waals surface area contributed by atoms with Crippen LogP contribution in [0.3, 0.4) is 0 Å². The van der Waals surface area contributed by atoms with E-state index in [1.807, 2.05) is 68.4 Å². The lowest BCUT2D eigenvalue weighted by Crippen LogP contribution is -2.27. The number of pyridine rings is 2. The molecular weight excluding hydrogens is 386 g/mol. The molecule has 4 aromatic rings. The van der Waals surface area contributed by atoms with Crippen molar-refractivity contribution in [3.8, 4) is 17.0 Å². The summed E-state index contributed by atoms with van der Waals surface area (Å²) < 4.78 is 5.22. The van der Waals surface area contributed by atoms with Gasteiger partial charge in [-0.15, -0.1) is 0 Å². The zero-order valence-corrected chi connectivity index (χ0v) is 18.1. The van der Waals surface area contributed by atoms with Gasteiger partial charge in [0.15, 0.2) is 0 Å². The number of fused-ring (bicyclic) bond motifs is 1. The van der Waals surface area contributed by atoms with Crippen molar-refractivity contribution in [1.82, 2.24) is 15.3 Å². The second-order valence-electron chi connectivity index (χ2n) is 7.67. The number of methoxy groups -OCH3 is 1. The Morgan fingerprint density at radius 2 is 1.84 bits per heavy atom. The maximum absolute atomic E-state index is 13.4. The number of hydrogen-bond donors (Lipinski definition) is 1. The summed E-state index contributed by atoms with van der Waals surface area (Å²) in [6.07, 6.45) is 3.49. The first-order valence-electron chi connectivity index (χ1n) is 10.2. The third-order valence-corrected chi connectivity index (χ3v) is 5.67. The van der Waals surface area contributed by atoms with Gasteiger partial charge in [0, 0.05) is 23.3 Å². The fourth-order valence-corrected chi connectivity index (χ4v) is 3.63. The van der Waals surface area contributed by atoms with Crippen LogP contribution < -0.4 is 10.1 Å². The van der Waals surface area contributed by atoms with E-state index in [9.17, 15) is 4.79 Å². The van der Waals surface area contributed by atoms with E-state index < -0.39 is 0 Å². The zero-order chi connectivity index (χ0) is 22.0. The molecule has 0 spiro atoms. The molecule has 1 N–H and O–H groups in total. The first kappa shape index (κ1) is 20.5. The summed E-state index contributed by atoms with van der Waals surface area (Å²) in [5, 5.41) is 3.97. The molecule has 31 heavy (non-hydrogen) atoms. The van der Waals surface area contributed by atoms with Crippen LogP contribution in [0.15, 0.2) is 67.0 Å². The lowest BCUT2D eigenvalue weighted by atomic mass is 9.98. The third kappa shape index (κ3) is 4.12. The van der Waals surface area contributed by atoms with Crippen molar-refractivity contribution < 1.29 is 9.53 Å². The highest BCUT2D eigenvalue weighted by molar-refractivity contribution is 6.08. The lowest BCUT2D eigenvalue weighted by Gasteiger charge is -2.17. The van der Waals surface area contributed by atoms with Crippen molar-refractivity contribution in [2.24, 2.45) is 0 Å². The van der Waals surface area contributed by atoms with Gasteiger partial charge >= 0.3 is 0 Å². The number of hydrogen-bond acceptors (Lipinski definition) is 4. The molecule has 5 heteroatoms. The van der Waals surface area contributed by atoms with Gasteiger partial charge in [-0.05, 0) is 67.8 Å². The largest absolute Gasteiger partial charge is 0.497 e. The maximum atomic E-state index is 13.4. The Kier molecular flexibility index (Phi) is 5.67. The number of carbonyl (C=O) groups excluding carboxylic acids is 1. The Morgan fingerprint density at radius 3 is 2.52 bits per heavy atom. The van der Waals surface area contributed by atoms with E-state index in [1.54, 1.807) is 19.5 Å². The minimum atomic E-state index is -0.157. The standard InChI is InChI=1S/C26H25N3O2/c1-16-7-12-22-23(26(30)28-18(3)19-8-10-21(31-4)11-9-19)14-24(29-25(22)17(16)2)20-6-5-13-27-15-20/h5-15,18H,1-4H3,(H,28,30)/t18-/m1/s1. The minimum absolute atomic E-state index is 0.135. The molecule has 0 bridgehead atoms. The van der Waals surface area contributed by atoms with Crippen molar-refractivity contribution in [3.63, 3.8) is 0 Å². The van der Waals surface area contributed by atoms with E-state index in [1.165, 1.54) is 0 Å². The van der Waals surface area contributed by atoms with Crippen LogP contribution in [0.4, 0.5) is 0 Å². The monoisotopic (exact) mass is 411 g/mol. The van der Waals surface area contributed by atoms with E-state index in [0.717, 1.165) is 44.6 Å². The molecule has 0 fully saturated rings. The van der Waals surface area contributed by atoms with Gasteiger partial charge in [-0.1, -0.05) is 24.3 Å². The Morgan fingerprint density at radius 1 is 1.06 bits per heavy atom. The van der Waals surface area contributed by atoms with Crippen molar-refractivity contribution in [2.75, 3.05) is 7.11 Å². The summed E-state index contributed by atoms with van der Waals surface area (Å²) in [5.41, 5.74) is 6.27. The molecule has 1 atom stereocenters. The number of ether oxygens (including phenoxy) is 1. The first-order chi connectivity index (χ1) is 15.0. The van der Waals surface area contributed by atoms with Crippen molar-refractivity contribution in [2.45, 2.75) is 26.8 Å². The number of carbonyl (C=O) groups is 1. The SMILES string of the molecule is COc1ccc([C@@H](C)NC(=O)c2cc(-c3cccnc3)nc3c(C)c(C)ccc23)cc1. The molecule has 156 valence electrons. The first-order valence-corrected chi connectivity index (χ1v) is 10.2. The Hall–Kier alpha value is -3.73. The van der Waals surface area contributed by atoms with E-state index in [2.05, 4.69) is 17.2 Å². The molecule has 2 heterocycles. The summed E-state index contributed by atoms with van der Waals surface area (Å²) >= 11 is 0. The number of nitrogens with zero attached hydrogens (tertiary/aromatic N) is 2. The molecule has 0 aliphatic rings. The Labute approximate surface area is 182 Å². The van der Waals surface area contributed by atoms with E-state index >= 15 is 0 Å². The van der Waals surface area contributed by atoms with Crippen LogP contribution in [0, 0.1) is 13.8 Å². The van der Waals surface area contributed by atoms with Gasteiger partial charge in [0.1, 0.15) is 5.75 Å². The van der Waals surface area contributed by atoms with Crippen molar-refractivity contribution in [3.05, 3.63) is 89.2 Å². The van der Waals surface area contributed by atoms with Crippen molar-refractivity contribution in [1.29, 1.82) is 0 Å². The number of benzene rings is 2. The molecule has 0 aliphatic heterocycles. The highest BCUT2D eigenvalue weighted by Gasteiger charge is 2.18. The van der Waals surface area contributed by atoms with Gasteiger partial charge in [0.05, 0.1) is 29.9 Å². The lowest BCUT2D eigenvalue weighted by molar-refractivity contribution is 0.0941. The molecule has 0 aliphatic carbocycles. The number of rotatable bonds is 5. The van der Waals surface area contributed by atoms with Crippen LogP contribution in [0.5, 0.6) is 5.75 Å². The van der Waals surface area contributed by atoms with E-state index in [4.69, 9.17) is 9.72 Å². The Balaban J connectivity index is 1.76. The van der Waals surface area contributed by atoms with Crippen LogP contribution in [-0.4, -0.2) is 23.0 Å². The average Bonchev–Trinajstić information content (AvgIpc) is 2.81. The summed E-state index contributed by atoms with van der Waals surface area (Å²) in [6, 6.07) is 17.2. The van der Waals surface area contributed by atoms with E-state index in [-0.39, 0.29) is 11.9 Å². The summed E-state index contributed by atoms with van der Waals surface area (Å²) in [5.74, 6) is 0.651. The molecule has 0 unspecified atom stereocenters. The third-order valence-electron chi connectivity index (χ3n) is 5.67. The van der Waals surface area contributed by atoms with Crippen LogP contribution >= 0.6 is 0 Å². The van der Waals surface area contributed by atoms with Gasteiger partial charge in [-0.3, -0.25) is 9.78 Å². The van der Waals surface area contributed by atoms with Gasteiger partial charge in [-0.2, -0.15) is 0 Å². The summed E-state index contributed by atoms with van der Waals surface area (Å²) in [7, 11) is 1.64. The number of aryl methyl sites for hydroxylation is 2. The second kappa shape index (κ2) is 8.56. The zero-order valence-electron chi connectivity index (χ0n) is 18.1. The second-order valence-corrected chi connectivity index (χ2v) is 7.67. The molecule has 0 saturated carbocycles. The highest BCUT2D eigenvalue weighted by atomic mass is 16.5. The van der Waals surface area contributed by atoms with Crippen LogP contribution in [-0.2, 0) is 0 Å². The quantitative estimate of drug-likeness (QED) is 0.477. The van der Waals surface area contributed by atoms with E-state index in [0.29, 0.717) is 5.56 Å². The molecule has 1 amide bonds. The van der Waals surface area contributed by atoms with Gasteiger partial charge < -0.3 is 10.1 Å². The molecule has 5 nitrogen and oxygen atoms in total. The minimum Gasteiger partial charge on any atom is -0.497 e. The normalized spacial score (nSPS) is 11.9. The van der Waals surface area contributed by atoms with Crippen LogP contribution in [0.25, 0.3) is 22.2 Å². The molecule has 0 saturated heterocycles. The molecular formula is C26H25N3O2. The summed E-state index contributed by atoms with van der Waals surface area (Å²) in [4.78, 5) is 22.4.